The number of anilines is 1. The van der Waals surface area contributed by atoms with Crippen molar-refractivity contribution in [2.24, 2.45) is 5.73 Å². The van der Waals surface area contributed by atoms with Crippen LogP contribution in [0.25, 0.3) is 0 Å². The molecule has 17 heavy (non-hydrogen) atoms. The molecule has 1 aromatic carbocycles. The Morgan fingerprint density at radius 1 is 1.47 bits per heavy atom. The van der Waals surface area contributed by atoms with Crippen molar-refractivity contribution in [3.8, 4) is 0 Å². The molecule has 0 heterocycles. The lowest BCUT2D eigenvalue weighted by Crippen LogP contribution is -2.37. The van der Waals surface area contributed by atoms with Crippen molar-refractivity contribution < 1.29 is 4.79 Å². The molecule has 0 saturated carbocycles. The van der Waals surface area contributed by atoms with Gasteiger partial charge in [-0.05, 0) is 47.5 Å². The third-order valence-corrected chi connectivity index (χ3v) is 3.26. The van der Waals surface area contributed by atoms with Crippen LogP contribution in [0.1, 0.15) is 19.4 Å². The van der Waals surface area contributed by atoms with Crippen molar-refractivity contribution in [3.05, 3.63) is 28.2 Å². The SMILES string of the molecule is CC(C)N(CC(N)=O)Cc1ccc(Br)c(N)c1. The number of hydrogen-bond donors (Lipinski definition) is 2. The molecule has 0 bridgehead atoms. The van der Waals surface area contributed by atoms with Crippen LogP contribution in [0.2, 0.25) is 0 Å². The molecule has 94 valence electrons. The summed E-state index contributed by atoms with van der Waals surface area (Å²) < 4.78 is 0.882. The molecule has 1 aromatic rings. The van der Waals surface area contributed by atoms with Crippen molar-refractivity contribution in [2.75, 3.05) is 12.3 Å². The standard InChI is InChI=1S/C12H18BrN3O/c1-8(2)16(7-12(15)17)6-9-3-4-10(13)11(14)5-9/h3-5,8H,6-7,14H2,1-2H3,(H2,15,17). The van der Waals surface area contributed by atoms with Crippen LogP contribution in [-0.4, -0.2) is 23.4 Å². The van der Waals surface area contributed by atoms with Gasteiger partial charge < -0.3 is 11.5 Å². The van der Waals surface area contributed by atoms with E-state index in [0.29, 0.717) is 12.2 Å². The summed E-state index contributed by atoms with van der Waals surface area (Å²) in [5, 5.41) is 0. The quantitative estimate of drug-likeness (QED) is 0.813. The van der Waals surface area contributed by atoms with E-state index in [0.717, 1.165) is 10.0 Å². The van der Waals surface area contributed by atoms with Crippen LogP contribution in [-0.2, 0) is 11.3 Å². The summed E-state index contributed by atoms with van der Waals surface area (Å²) in [4.78, 5) is 13.0. The smallest absolute Gasteiger partial charge is 0.231 e. The van der Waals surface area contributed by atoms with E-state index in [1.165, 1.54) is 0 Å². The minimum atomic E-state index is -0.316. The maximum atomic E-state index is 11.0. The van der Waals surface area contributed by atoms with Gasteiger partial charge in [-0.25, -0.2) is 0 Å². The number of carbonyl (C=O) groups excluding carboxylic acids is 1. The summed E-state index contributed by atoms with van der Waals surface area (Å²) in [5.41, 5.74) is 12.8. The first-order valence-electron chi connectivity index (χ1n) is 5.46. The first kappa shape index (κ1) is 14.0. The third kappa shape index (κ3) is 4.36. The molecule has 1 rings (SSSR count). The molecular weight excluding hydrogens is 282 g/mol. The van der Waals surface area contributed by atoms with E-state index >= 15 is 0 Å². The van der Waals surface area contributed by atoms with Gasteiger partial charge >= 0.3 is 0 Å². The third-order valence-electron chi connectivity index (χ3n) is 2.54. The molecule has 4 nitrogen and oxygen atoms in total. The van der Waals surface area contributed by atoms with Crippen LogP contribution in [0.5, 0.6) is 0 Å². The Kier molecular flexibility index (Phi) is 4.96. The number of carbonyl (C=O) groups is 1. The molecule has 0 aromatic heterocycles. The van der Waals surface area contributed by atoms with Crippen LogP contribution in [0, 0.1) is 0 Å². The van der Waals surface area contributed by atoms with Crippen molar-refractivity contribution in [1.29, 1.82) is 0 Å². The lowest BCUT2D eigenvalue weighted by molar-refractivity contribution is -0.119. The highest BCUT2D eigenvalue weighted by Crippen LogP contribution is 2.21. The van der Waals surface area contributed by atoms with Crippen LogP contribution in [0.3, 0.4) is 0 Å². The van der Waals surface area contributed by atoms with Crippen molar-refractivity contribution in [3.63, 3.8) is 0 Å². The molecule has 5 heteroatoms. The molecule has 0 saturated heterocycles. The topological polar surface area (TPSA) is 72.3 Å². The molecule has 0 spiro atoms. The summed E-state index contributed by atoms with van der Waals surface area (Å²) in [6.45, 7) is 4.99. The van der Waals surface area contributed by atoms with Crippen molar-refractivity contribution in [2.45, 2.75) is 26.4 Å². The molecule has 0 atom stereocenters. The summed E-state index contributed by atoms with van der Waals surface area (Å²) in [7, 11) is 0. The van der Waals surface area contributed by atoms with Crippen molar-refractivity contribution >= 4 is 27.5 Å². The zero-order chi connectivity index (χ0) is 13.0. The summed E-state index contributed by atoms with van der Waals surface area (Å²) in [5.74, 6) is -0.316. The fraction of sp³-hybridized carbons (Fsp3) is 0.417. The molecular formula is C12H18BrN3O. The Bertz CT molecular complexity index is 407. The van der Waals surface area contributed by atoms with Gasteiger partial charge in [-0.2, -0.15) is 0 Å². The lowest BCUT2D eigenvalue weighted by atomic mass is 10.1. The largest absolute Gasteiger partial charge is 0.398 e. The fourth-order valence-electron chi connectivity index (χ4n) is 1.55. The maximum absolute atomic E-state index is 11.0. The molecule has 0 aliphatic carbocycles. The van der Waals surface area contributed by atoms with E-state index in [-0.39, 0.29) is 18.5 Å². The second-order valence-electron chi connectivity index (χ2n) is 4.32. The van der Waals surface area contributed by atoms with Gasteiger partial charge in [0.15, 0.2) is 0 Å². The number of rotatable bonds is 5. The van der Waals surface area contributed by atoms with Gasteiger partial charge in [0.25, 0.3) is 0 Å². The fourth-order valence-corrected chi connectivity index (χ4v) is 1.79. The van der Waals surface area contributed by atoms with E-state index in [1.807, 2.05) is 36.9 Å². The van der Waals surface area contributed by atoms with Gasteiger partial charge in [0, 0.05) is 22.7 Å². The molecule has 0 aliphatic heterocycles. The molecule has 1 amide bonds. The van der Waals surface area contributed by atoms with Gasteiger partial charge in [0.2, 0.25) is 5.91 Å². The summed E-state index contributed by atoms with van der Waals surface area (Å²) in [6.07, 6.45) is 0. The number of nitrogen functional groups attached to an aromatic ring is 1. The minimum absolute atomic E-state index is 0.257. The number of hydrogen-bond acceptors (Lipinski definition) is 3. The van der Waals surface area contributed by atoms with E-state index in [9.17, 15) is 4.79 Å². The highest BCUT2D eigenvalue weighted by atomic mass is 79.9. The van der Waals surface area contributed by atoms with E-state index in [2.05, 4.69) is 15.9 Å². The van der Waals surface area contributed by atoms with E-state index in [1.54, 1.807) is 0 Å². The number of nitrogens with zero attached hydrogens (tertiary/aromatic N) is 1. The van der Waals surface area contributed by atoms with E-state index < -0.39 is 0 Å². The second-order valence-corrected chi connectivity index (χ2v) is 5.18. The number of benzene rings is 1. The number of nitrogens with two attached hydrogens (primary N) is 2. The predicted molar refractivity (Wildman–Crippen MR) is 73.3 cm³/mol. The summed E-state index contributed by atoms with van der Waals surface area (Å²) >= 11 is 3.35. The maximum Gasteiger partial charge on any atom is 0.231 e. The van der Waals surface area contributed by atoms with E-state index in [4.69, 9.17) is 11.5 Å². The number of primary amides is 1. The van der Waals surface area contributed by atoms with Crippen LogP contribution in [0.4, 0.5) is 5.69 Å². The highest BCUT2D eigenvalue weighted by molar-refractivity contribution is 9.10. The Hall–Kier alpha value is -1.07. The zero-order valence-corrected chi connectivity index (χ0v) is 11.7. The number of halogens is 1. The zero-order valence-electron chi connectivity index (χ0n) is 10.1. The van der Waals surface area contributed by atoms with Crippen molar-refractivity contribution in [1.82, 2.24) is 4.90 Å². The lowest BCUT2D eigenvalue weighted by Gasteiger charge is -2.25. The van der Waals surface area contributed by atoms with Gasteiger partial charge in [0.05, 0.1) is 6.54 Å². The Labute approximate surface area is 110 Å². The van der Waals surface area contributed by atoms with Gasteiger partial charge in [0.1, 0.15) is 0 Å². The van der Waals surface area contributed by atoms with Crippen LogP contribution < -0.4 is 11.5 Å². The average molecular weight is 300 g/mol. The monoisotopic (exact) mass is 299 g/mol. The Morgan fingerprint density at radius 2 is 2.12 bits per heavy atom. The highest BCUT2D eigenvalue weighted by Gasteiger charge is 2.13. The first-order chi connectivity index (χ1) is 7.90. The van der Waals surface area contributed by atoms with Crippen LogP contribution >= 0.6 is 15.9 Å². The first-order valence-corrected chi connectivity index (χ1v) is 6.25. The molecule has 0 unspecified atom stereocenters. The minimum Gasteiger partial charge on any atom is -0.398 e. The molecule has 0 radical (unpaired) electrons. The normalized spacial score (nSPS) is 11.1. The molecule has 4 N–H and O–H groups in total. The second kappa shape index (κ2) is 6.02. The number of amides is 1. The predicted octanol–water partition coefficient (Wildman–Crippen LogP) is 1.73. The van der Waals surface area contributed by atoms with Gasteiger partial charge in [-0.1, -0.05) is 6.07 Å². The van der Waals surface area contributed by atoms with Gasteiger partial charge in [-0.15, -0.1) is 0 Å². The summed E-state index contributed by atoms with van der Waals surface area (Å²) in [6, 6.07) is 6.05. The van der Waals surface area contributed by atoms with Crippen LogP contribution in [0.15, 0.2) is 22.7 Å². The average Bonchev–Trinajstić information content (AvgIpc) is 2.21. The van der Waals surface area contributed by atoms with Gasteiger partial charge in [-0.3, -0.25) is 9.69 Å². The Morgan fingerprint density at radius 3 is 2.59 bits per heavy atom. The Balaban J connectivity index is 2.78. The molecule has 0 fully saturated rings. The molecule has 0 aliphatic rings.